The minimum atomic E-state index is 0.449. The molecule has 1 rings (SSSR count). The molecule has 4 heteroatoms. The standard InChI is InChI=1S/C8H14N2S2/c1-7(10-3-4-11-2)8-5-9-6-12-8/h5-7,10H,3-4H2,1-2H3. The van der Waals surface area contributed by atoms with E-state index in [0.29, 0.717) is 6.04 Å². The molecular weight excluding hydrogens is 188 g/mol. The van der Waals surface area contributed by atoms with E-state index in [0.717, 1.165) is 6.54 Å². The molecule has 0 spiro atoms. The number of thioether (sulfide) groups is 1. The number of rotatable bonds is 5. The second-order valence-corrected chi connectivity index (χ2v) is 4.48. The van der Waals surface area contributed by atoms with Gasteiger partial charge in [-0.1, -0.05) is 0 Å². The zero-order valence-electron chi connectivity index (χ0n) is 7.41. The Morgan fingerprint density at radius 1 is 1.75 bits per heavy atom. The molecule has 0 radical (unpaired) electrons. The van der Waals surface area contributed by atoms with Gasteiger partial charge in [-0.2, -0.15) is 11.8 Å². The second kappa shape index (κ2) is 5.56. The molecule has 0 aromatic carbocycles. The van der Waals surface area contributed by atoms with Crippen LogP contribution in [0.15, 0.2) is 11.7 Å². The molecule has 0 bridgehead atoms. The van der Waals surface area contributed by atoms with Crippen molar-refractivity contribution in [1.82, 2.24) is 10.3 Å². The summed E-state index contributed by atoms with van der Waals surface area (Å²) in [5.74, 6) is 1.17. The monoisotopic (exact) mass is 202 g/mol. The third kappa shape index (κ3) is 3.13. The number of nitrogens with zero attached hydrogens (tertiary/aromatic N) is 1. The number of nitrogens with one attached hydrogen (secondary N) is 1. The molecule has 1 N–H and O–H groups in total. The average Bonchev–Trinajstić information content (AvgIpc) is 2.56. The molecular formula is C8H14N2S2. The molecule has 1 heterocycles. The lowest BCUT2D eigenvalue weighted by Gasteiger charge is -2.09. The highest BCUT2D eigenvalue weighted by Gasteiger charge is 2.04. The topological polar surface area (TPSA) is 24.9 Å². The van der Waals surface area contributed by atoms with E-state index >= 15 is 0 Å². The van der Waals surface area contributed by atoms with Crippen LogP contribution in [0.1, 0.15) is 17.8 Å². The number of thiazole rings is 1. The summed E-state index contributed by atoms with van der Waals surface area (Å²) in [5, 5.41) is 3.44. The van der Waals surface area contributed by atoms with Gasteiger partial charge in [-0.05, 0) is 13.2 Å². The summed E-state index contributed by atoms with van der Waals surface area (Å²) in [6, 6.07) is 0.449. The van der Waals surface area contributed by atoms with Gasteiger partial charge in [0, 0.05) is 29.4 Å². The van der Waals surface area contributed by atoms with Crippen LogP contribution in [-0.4, -0.2) is 23.5 Å². The van der Waals surface area contributed by atoms with Gasteiger partial charge in [0.1, 0.15) is 0 Å². The van der Waals surface area contributed by atoms with Crippen molar-refractivity contribution in [3.63, 3.8) is 0 Å². The van der Waals surface area contributed by atoms with Gasteiger partial charge in [0.25, 0.3) is 0 Å². The van der Waals surface area contributed by atoms with Crippen LogP contribution in [0.25, 0.3) is 0 Å². The molecule has 0 amide bonds. The second-order valence-electron chi connectivity index (χ2n) is 2.57. The first-order chi connectivity index (χ1) is 5.84. The van der Waals surface area contributed by atoms with Crippen LogP contribution in [0.3, 0.4) is 0 Å². The van der Waals surface area contributed by atoms with Crippen LogP contribution in [0.4, 0.5) is 0 Å². The molecule has 1 atom stereocenters. The lowest BCUT2D eigenvalue weighted by molar-refractivity contribution is 0.609. The number of hydrogen-bond donors (Lipinski definition) is 1. The van der Waals surface area contributed by atoms with E-state index in [1.807, 2.05) is 23.5 Å². The van der Waals surface area contributed by atoms with Crippen molar-refractivity contribution in [3.8, 4) is 0 Å². The van der Waals surface area contributed by atoms with Gasteiger partial charge in [0.15, 0.2) is 0 Å². The summed E-state index contributed by atoms with van der Waals surface area (Å²) in [5.41, 5.74) is 1.88. The van der Waals surface area contributed by atoms with Crippen molar-refractivity contribution in [1.29, 1.82) is 0 Å². The van der Waals surface area contributed by atoms with Crippen LogP contribution in [-0.2, 0) is 0 Å². The lowest BCUT2D eigenvalue weighted by Crippen LogP contribution is -2.20. The molecule has 0 saturated carbocycles. The van der Waals surface area contributed by atoms with Crippen LogP contribution in [0.2, 0.25) is 0 Å². The maximum Gasteiger partial charge on any atom is 0.0794 e. The van der Waals surface area contributed by atoms with Gasteiger partial charge in [-0.25, -0.2) is 0 Å². The quantitative estimate of drug-likeness (QED) is 0.741. The molecule has 1 aromatic heterocycles. The smallest absolute Gasteiger partial charge is 0.0794 e. The summed E-state index contributed by atoms with van der Waals surface area (Å²) in [6.45, 7) is 3.24. The van der Waals surface area contributed by atoms with Gasteiger partial charge in [-0.15, -0.1) is 11.3 Å². The minimum Gasteiger partial charge on any atom is -0.309 e. The molecule has 0 aliphatic heterocycles. The highest BCUT2D eigenvalue weighted by molar-refractivity contribution is 7.98. The molecule has 12 heavy (non-hydrogen) atoms. The Kier molecular flexibility index (Phi) is 4.65. The van der Waals surface area contributed by atoms with Crippen molar-refractivity contribution in [2.45, 2.75) is 13.0 Å². The normalized spacial score (nSPS) is 13.2. The molecule has 0 saturated heterocycles. The molecule has 1 aromatic rings. The SMILES string of the molecule is CSCCNC(C)c1cncs1. The fourth-order valence-electron chi connectivity index (χ4n) is 0.918. The van der Waals surface area contributed by atoms with Crippen LogP contribution < -0.4 is 5.32 Å². The van der Waals surface area contributed by atoms with E-state index in [1.165, 1.54) is 10.6 Å². The van der Waals surface area contributed by atoms with Crippen molar-refractivity contribution in [3.05, 3.63) is 16.6 Å². The Bertz CT molecular complexity index is 199. The van der Waals surface area contributed by atoms with Gasteiger partial charge in [-0.3, -0.25) is 4.98 Å². The van der Waals surface area contributed by atoms with E-state index < -0.39 is 0 Å². The van der Waals surface area contributed by atoms with Crippen LogP contribution >= 0.6 is 23.1 Å². The Hall–Kier alpha value is -0.0600. The molecule has 68 valence electrons. The van der Waals surface area contributed by atoms with E-state index in [4.69, 9.17) is 0 Å². The largest absolute Gasteiger partial charge is 0.309 e. The van der Waals surface area contributed by atoms with E-state index in [-0.39, 0.29) is 0 Å². The molecule has 0 aliphatic rings. The Balaban J connectivity index is 2.25. The summed E-state index contributed by atoms with van der Waals surface area (Å²) >= 11 is 3.57. The Labute approximate surface area is 81.8 Å². The van der Waals surface area contributed by atoms with Gasteiger partial charge < -0.3 is 5.32 Å². The fraction of sp³-hybridized carbons (Fsp3) is 0.625. The number of hydrogen-bond acceptors (Lipinski definition) is 4. The first-order valence-corrected chi connectivity index (χ1v) is 6.22. The average molecular weight is 202 g/mol. The minimum absolute atomic E-state index is 0.449. The highest BCUT2D eigenvalue weighted by Crippen LogP contribution is 2.15. The number of aromatic nitrogens is 1. The molecule has 0 fully saturated rings. The zero-order chi connectivity index (χ0) is 8.81. The third-order valence-electron chi connectivity index (χ3n) is 1.63. The molecule has 1 unspecified atom stereocenters. The maximum atomic E-state index is 4.04. The van der Waals surface area contributed by atoms with Gasteiger partial charge in [0.2, 0.25) is 0 Å². The van der Waals surface area contributed by atoms with E-state index in [9.17, 15) is 0 Å². The van der Waals surface area contributed by atoms with Crippen molar-refractivity contribution in [2.75, 3.05) is 18.6 Å². The van der Waals surface area contributed by atoms with E-state index in [1.54, 1.807) is 11.3 Å². The molecule has 2 nitrogen and oxygen atoms in total. The maximum absolute atomic E-state index is 4.04. The summed E-state index contributed by atoms with van der Waals surface area (Å²) in [6.07, 6.45) is 4.06. The van der Waals surface area contributed by atoms with Crippen molar-refractivity contribution >= 4 is 23.1 Å². The first-order valence-electron chi connectivity index (χ1n) is 3.95. The van der Waals surface area contributed by atoms with E-state index in [2.05, 4.69) is 23.5 Å². The third-order valence-corrected chi connectivity index (χ3v) is 3.21. The Morgan fingerprint density at radius 3 is 3.17 bits per heavy atom. The fourth-order valence-corrected chi connectivity index (χ4v) is 1.89. The van der Waals surface area contributed by atoms with Gasteiger partial charge >= 0.3 is 0 Å². The van der Waals surface area contributed by atoms with Crippen molar-refractivity contribution in [2.24, 2.45) is 0 Å². The lowest BCUT2D eigenvalue weighted by atomic mass is 10.3. The van der Waals surface area contributed by atoms with Crippen LogP contribution in [0, 0.1) is 0 Å². The Morgan fingerprint density at radius 2 is 2.58 bits per heavy atom. The van der Waals surface area contributed by atoms with Crippen molar-refractivity contribution < 1.29 is 0 Å². The summed E-state index contributed by atoms with van der Waals surface area (Å²) in [7, 11) is 0. The van der Waals surface area contributed by atoms with Gasteiger partial charge in [0.05, 0.1) is 5.51 Å². The predicted octanol–water partition coefficient (Wildman–Crippen LogP) is 2.16. The van der Waals surface area contributed by atoms with Crippen LogP contribution in [0.5, 0.6) is 0 Å². The molecule has 0 aliphatic carbocycles. The highest BCUT2D eigenvalue weighted by atomic mass is 32.2. The zero-order valence-corrected chi connectivity index (χ0v) is 9.04. The predicted molar refractivity (Wildman–Crippen MR) is 56.9 cm³/mol. The summed E-state index contributed by atoms with van der Waals surface area (Å²) in [4.78, 5) is 5.36. The summed E-state index contributed by atoms with van der Waals surface area (Å²) < 4.78 is 0. The first kappa shape index (κ1) is 10.0.